The number of nitrogens with zero attached hydrogens (tertiary/aromatic N) is 3. The molecule has 13 heteroatoms. The molecule has 0 spiro atoms. The Bertz CT molecular complexity index is 1480. The number of nitrogens with two attached hydrogens (primary N) is 1. The Labute approximate surface area is 198 Å². The van der Waals surface area contributed by atoms with Crippen LogP contribution in [0.2, 0.25) is 0 Å². The number of hydrogen-bond acceptors (Lipinski definition) is 2. The van der Waals surface area contributed by atoms with E-state index in [2.05, 4.69) is 0 Å². The zero-order valence-corrected chi connectivity index (χ0v) is 18.6. The summed E-state index contributed by atoms with van der Waals surface area (Å²) in [7, 11) is 0. The van der Waals surface area contributed by atoms with Gasteiger partial charge in [-0.05, 0) is 30.2 Å². The van der Waals surface area contributed by atoms with Crippen LogP contribution in [-0.2, 0) is 26.2 Å². The summed E-state index contributed by atoms with van der Waals surface area (Å²) in [5.74, 6) is -2.44. The van der Waals surface area contributed by atoms with Crippen molar-refractivity contribution in [1.82, 2.24) is 13.7 Å². The van der Waals surface area contributed by atoms with Crippen LogP contribution in [0.15, 0.2) is 41.2 Å². The van der Waals surface area contributed by atoms with Gasteiger partial charge in [-0.25, -0.2) is 13.6 Å². The molecule has 0 radical (unpaired) electrons. The van der Waals surface area contributed by atoms with E-state index in [1.54, 1.807) is 24.3 Å². The lowest BCUT2D eigenvalue weighted by Crippen LogP contribution is -2.30. The van der Waals surface area contributed by atoms with Crippen molar-refractivity contribution in [2.24, 2.45) is 5.73 Å². The highest BCUT2D eigenvalue weighted by Crippen LogP contribution is 2.28. The van der Waals surface area contributed by atoms with Gasteiger partial charge in [0.25, 0.3) is 0 Å². The Balaban J connectivity index is 1.86. The van der Waals surface area contributed by atoms with E-state index in [1.165, 1.54) is 4.57 Å². The van der Waals surface area contributed by atoms with E-state index >= 15 is 0 Å². The molecule has 2 aromatic heterocycles. The van der Waals surface area contributed by atoms with Crippen LogP contribution >= 0.6 is 0 Å². The third-order valence-corrected chi connectivity index (χ3v) is 5.82. The highest BCUT2D eigenvalue weighted by molar-refractivity contribution is 5.82. The zero-order valence-electron chi connectivity index (χ0n) is 18.6. The van der Waals surface area contributed by atoms with Crippen molar-refractivity contribution >= 4 is 21.9 Å². The molecule has 0 fully saturated rings. The Morgan fingerprint density at radius 1 is 0.833 bits per heavy atom. The molecule has 2 heterocycles. The molecule has 0 atom stereocenters. The summed E-state index contributed by atoms with van der Waals surface area (Å²) < 4.78 is 109. The van der Waals surface area contributed by atoms with Crippen molar-refractivity contribution in [1.29, 1.82) is 0 Å². The van der Waals surface area contributed by atoms with Gasteiger partial charge >= 0.3 is 18.0 Å². The number of imidazole rings is 1. The van der Waals surface area contributed by atoms with E-state index in [0.717, 1.165) is 16.2 Å². The lowest BCUT2D eigenvalue weighted by molar-refractivity contribution is -0.140. The summed E-state index contributed by atoms with van der Waals surface area (Å²) in [5, 5.41) is 0.587. The fourth-order valence-electron chi connectivity index (χ4n) is 4.35. The van der Waals surface area contributed by atoms with E-state index in [0.29, 0.717) is 17.0 Å². The maximum Gasteiger partial charge on any atom is 0.406 e. The lowest BCUT2D eigenvalue weighted by Gasteiger charge is -2.13. The Hall–Kier alpha value is -3.35. The van der Waals surface area contributed by atoms with Crippen LogP contribution in [0.4, 0.5) is 35.1 Å². The first-order chi connectivity index (χ1) is 16.8. The summed E-state index contributed by atoms with van der Waals surface area (Å²) in [6, 6.07) is 7.71. The van der Waals surface area contributed by atoms with Crippen molar-refractivity contribution in [2.75, 3.05) is 0 Å². The first-order valence-electron chi connectivity index (χ1n) is 10.8. The molecule has 5 nitrogen and oxygen atoms in total. The van der Waals surface area contributed by atoms with Crippen LogP contribution < -0.4 is 11.4 Å². The summed E-state index contributed by atoms with van der Waals surface area (Å²) in [6.45, 7) is -2.15. The highest BCUT2D eigenvalue weighted by atomic mass is 19.4. The van der Waals surface area contributed by atoms with Crippen molar-refractivity contribution in [3.63, 3.8) is 0 Å². The van der Waals surface area contributed by atoms with Crippen LogP contribution in [0.1, 0.15) is 24.1 Å². The van der Waals surface area contributed by atoms with Gasteiger partial charge in [-0.2, -0.15) is 26.3 Å². The molecule has 2 N–H and O–H groups in total. The van der Waals surface area contributed by atoms with Gasteiger partial charge in [0.1, 0.15) is 17.9 Å². The van der Waals surface area contributed by atoms with Gasteiger partial charge in [-0.15, -0.1) is 0 Å². The molecular weight excluding hydrogens is 500 g/mol. The molecule has 0 bridgehead atoms. The molecule has 0 amide bonds. The second-order valence-electron chi connectivity index (χ2n) is 8.43. The Morgan fingerprint density at radius 2 is 1.56 bits per heavy atom. The number of alkyl halides is 6. The number of rotatable bonds is 7. The number of halogens is 8. The van der Waals surface area contributed by atoms with Gasteiger partial charge in [0, 0.05) is 48.2 Å². The fourth-order valence-corrected chi connectivity index (χ4v) is 4.35. The van der Waals surface area contributed by atoms with Crippen molar-refractivity contribution in [3.05, 3.63) is 69.8 Å². The van der Waals surface area contributed by atoms with E-state index in [-0.39, 0.29) is 29.8 Å². The molecule has 4 aromatic rings. The summed E-state index contributed by atoms with van der Waals surface area (Å²) >= 11 is 0. The van der Waals surface area contributed by atoms with E-state index in [9.17, 15) is 39.9 Å². The molecule has 0 unspecified atom stereocenters. The van der Waals surface area contributed by atoms with Crippen LogP contribution in [0.3, 0.4) is 0 Å². The van der Waals surface area contributed by atoms with Crippen LogP contribution in [0.25, 0.3) is 21.9 Å². The first-order valence-corrected chi connectivity index (χ1v) is 10.8. The smallest absolute Gasteiger partial charge is 0.343 e. The third kappa shape index (κ3) is 5.25. The minimum absolute atomic E-state index is 0.112. The molecule has 0 aliphatic carbocycles. The number of benzene rings is 2. The average molecular weight is 520 g/mol. The summed E-state index contributed by atoms with van der Waals surface area (Å²) in [4.78, 5) is 13.0. The number of hydrogen-bond donors (Lipinski definition) is 1. The maximum atomic E-state index is 14.5. The second-order valence-corrected chi connectivity index (χ2v) is 8.43. The fraction of sp³-hybridized carbons (Fsp3) is 0.348. The predicted octanol–water partition coefficient (Wildman–Crippen LogP) is 5.45. The van der Waals surface area contributed by atoms with Crippen LogP contribution in [0.5, 0.6) is 0 Å². The van der Waals surface area contributed by atoms with E-state index in [4.69, 9.17) is 5.73 Å². The van der Waals surface area contributed by atoms with Gasteiger partial charge in [0.05, 0.1) is 12.1 Å². The molecule has 4 rings (SSSR count). The van der Waals surface area contributed by atoms with E-state index in [1.807, 2.05) is 0 Å². The second kappa shape index (κ2) is 9.26. The first kappa shape index (κ1) is 25.7. The number of fused-ring (bicyclic) bond motifs is 2. The molecule has 0 saturated carbocycles. The average Bonchev–Trinajstić information content (AvgIpc) is 3.21. The van der Waals surface area contributed by atoms with Crippen molar-refractivity contribution < 1.29 is 35.1 Å². The normalized spacial score (nSPS) is 12.8. The highest BCUT2D eigenvalue weighted by Gasteiger charge is 2.32. The van der Waals surface area contributed by atoms with Gasteiger partial charge in [-0.3, -0.25) is 9.13 Å². The molecule has 0 saturated heterocycles. The minimum Gasteiger partial charge on any atom is -0.343 e. The predicted molar refractivity (Wildman–Crippen MR) is 116 cm³/mol. The van der Waals surface area contributed by atoms with Crippen molar-refractivity contribution in [3.8, 4) is 0 Å². The molecular formula is C23H20F8N4O. The molecule has 2 aromatic carbocycles. The summed E-state index contributed by atoms with van der Waals surface area (Å²) in [5.41, 5.74) is 4.82. The standard InChI is InChI=1S/C23H20F8N4O/c24-15-8-17(25)20-19(9-15)34(21(36)35(20)12-23(29,30)31)11-16-7-14-6-13(10-32)2-3-18(14)33(16)5-1-4-22(26,27)28/h2-3,6-9H,1,4-5,10-12,32H2. The van der Waals surface area contributed by atoms with Crippen LogP contribution in [-0.4, -0.2) is 26.1 Å². The Morgan fingerprint density at radius 3 is 2.19 bits per heavy atom. The largest absolute Gasteiger partial charge is 0.406 e. The third-order valence-electron chi connectivity index (χ3n) is 5.82. The van der Waals surface area contributed by atoms with Gasteiger partial charge < -0.3 is 10.3 Å². The van der Waals surface area contributed by atoms with Crippen LogP contribution in [0, 0.1) is 11.6 Å². The molecule has 0 aliphatic rings. The SMILES string of the molecule is NCc1ccc2c(c1)cc(Cn1c(=O)n(CC(F)(F)F)c3c(F)cc(F)cc31)n2CCCC(F)(F)F. The molecule has 194 valence electrons. The minimum atomic E-state index is -4.87. The number of aryl methyl sites for hydroxylation is 1. The number of aromatic nitrogens is 3. The topological polar surface area (TPSA) is 57.9 Å². The Kier molecular flexibility index (Phi) is 6.62. The zero-order chi connectivity index (χ0) is 26.4. The van der Waals surface area contributed by atoms with Crippen molar-refractivity contribution in [2.45, 2.75) is 51.4 Å². The van der Waals surface area contributed by atoms with Gasteiger partial charge in [0.2, 0.25) is 0 Å². The molecule has 0 aliphatic heterocycles. The molecule has 36 heavy (non-hydrogen) atoms. The lowest BCUT2D eigenvalue weighted by atomic mass is 10.1. The quantitative estimate of drug-likeness (QED) is 0.330. The van der Waals surface area contributed by atoms with Gasteiger partial charge in [0.15, 0.2) is 5.82 Å². The monoisotopic (exact) mass is 520 g/mol. The summed E-state index contributed by atoms with van der Waals surface area (Å²) in [6.07, 6.45) is -10.6. The maximum absolute atomic E-state index is 14.5. The van der Waals surface area contributed by atoms with Gasteiger partial charge in [-0.1, -0.05) is 6.07 Å². The van der Waals surface area contributed by atoms with E-state index < -0.39 is 60.2 Å².